The summed E-state index contributed by atoms with van der Waals surface area (Å²) >= 11 is 0. The molecule has 2 rings (SSSR count). The van der Waals surface area contributed by atoms with Crippen LogP contribution in [0.15, 0.2) is 6.33 Å². The maximum Gasteiger partial charge on any atom is 0.372 e. The van der Waals surface area contributed by atoms with Crippen molar-refractivity contribution < 1.29 is 9.66 Å². The number of hydrogen-bond acceptors (Lipinski definition) is 7. The lowest BCUT2D eigenvalue weighted by Gasteiger charge is -2.32. The molecule has 1 fully saturated rings. The second-order valence-corrected chi connectivity index (χ2v) is 4.39. The van der Waals surface area contributed by atoms with Gasteiger partial charge in [-0.2, -0.15) is 4.98 Å². The molecular weight excluding hydrogens is 250 g/mol. The zero-order chi connectivity index (χ0) is 13.8. The van der Waals surface area contributed by atoms with E-state index in [9.17, 15) is 10.1 Å². The molecule has 8 nitrogen and oxygen atoms in total. The molecule has 1 unspecified atom stereocenters. The first-order valence-electron chi connectivity index (χ1n) is 6.13. The SMILES string of the molecule is CNC1CCCN(c2ncnc(OC)c2[N+](=O)[O-])C1. The topological polar surface area (TPSA) is 93.4 Å². The summed E-state index contributed by atoms with van der Waals surface area (Å²) in [5.74, 6) is 0.332. The van der Waals surface area contributed by atoms with E-state index in [2.05, 4.69) is 15.3 Å². The molecule has 1 saturated heterocycles. The van der Waals surface area contributed by atoms with Crippen LogP contribution in [0.3, 0.4) is 0 Å². The maximum atomic E-state index is 11.2. The Morgan fingerprint density at radius 1 is 1.58 bits per heavy atom. The molecular formula is C11H17N5O3. The van der Waals surface area contributed by atoms with Gasteiger partial charge in [-0.3, -0.25) is 10.1 Å². The highest BCUT2D eigenvalue weighted by Gasteiger charge is 2.30. The summed E-state index contributed by atoms with van der Waals surface area (Å²) in [6, 6.07) is 0.314. The van der Waals surface area contributed by atoms with Crippen molar-refractivity contribution >= 4 is 11.5 Å². The number of piperidine rings is 1. The van der Waals surface area contributed by atoms with Gasteiger partial charge in [0.1, 0.15) is 6.33 Å². The number of ether oxygens (including phenoxy) is 1. The highest BCUT2D eigenvalue weighted by molar-refractivity contribution is 5.63. The predicted molar refractivity (Wildman–Crippen MR) is 69.5 cm³/mol. The molecule has 0 saturated carbocycles. The molecule has 1 aromatic rings. The van der Waals surface area contributed by atoms with Crippen molar-refractivity contribution in [2.24, 2.45) is 0 Å². The van der Waals surface area contributed by atoms with Gasteiger partial charge < -0.3 is 15.0 Å². The first kappa shape index (κ1) is 13.5. The van der Waals surface area contributed by atoms with Crippen molar-refractivity contribution in [1.29, 1.82) is 0 Å². The van der Waals surface area contributed by atoms with Gasteiger partial charge in [0.25, 0.3) is 5.88 Å². The summed E-state index contributed by atoms with van der Waals surface area (Å²) < 4.78 is 4.96. The molecule has 1 aromatic heterocycles. The van der Waals surface area contributed by atoms with E-state index in [0.717, 1.165) is 19.4 Å². The molecule has 0 spiro atoms. The van der Waals surface area contributed by atoms with Crippen LogP contribution in [0.25, 0.3) is 0 Å². The number of nitrogens with one attached hydrogen (secondary N) is 1. The van der Waals surface area contributed by atoms with Crippen LogP contribution in [0.4, 0.5) is 11.5 Å². The smallest absolute Gasteiger partial charge is 0.372 e. The van der Waals surface area contributed by atoms with Crippen LogP contribution in [0.2, 0.25) is 0 Å². The van der Waals surface area contributed by atoms with E-state index in [1.807, 2.05) is 11.9 Å². The minimum atomic E-state index is -0.489. The highest BCUT2D eigenvalue weighted by Crippen LogP contribution is 2.34. The molecule has 0 aromatic carbocycles. The molecule has 0 radical (unpaired) electrons. The van der Waals surface area contributed by atoms with Crippen molar-refractivity contribution in [2.45, 2.75) is 18.9 Å². The lowest BCUT2D eigenvalue weighted by Crippen LogP contribution is -2.45. The first-order chi connectivity index (χ1) is 9.17. The van der Waals surface area contributed by atoms with E-state index in [1.165, 1.54) is 13.4 Å². The van der Waals surface area contributed by atoms with Gasteiger partial charge >= 0.3 is 5.69 Å². The number of anilines is 1. The molecule has 2 heterocycles. The molecule has 1 N–H and O–H groups in total. The Balaban J connectivity index is 2.35. The monoisotopic (exact) mass is 267 g/mol. The standard InChI is InChI=1S/C11H17N5O3/c1-12-8-4-3-5-15(6-8)10-9(16(17)18)11(19-2)14-7-13-10/h7-8,12H,3-6H2,1-2H3. The second-order valence-electron chi connectivity index (χ2n) is 4.39. The lowest BCUT2D eigenvalue weighted by atomic mass is 10.1. The van der Waals surface area contributed by atoms with Crippen molar-refractivity contribution in [3.8, 4) is 5.88 Å². The van der Waals surface area contributed by atoms with Gasteiger partial charge in [-0.25, -0.2) is 4.98 Å². The Bertz CT molecular complexity index is 468. The molecule has 0 aliphatic carbocycles. The van der Waals surface area contributed by atoms with Gasteiger partial charge in [0.15, 0.2) is 0 Å². The number of hydrogen-bond donors (Lipinski definition) is 1. The fourth-order valence-corrected chi connectivity index (χ4v) is 2.30. The average molecular weight is 267 g/mol. The minimum Gasteiger partial charge on any atom is -0.476 e. The number of nitrogens with zero attached hydrogens (tertiary/aromatic N) is 4. The number of rotatable bonds is 4. The van der Waals surface area contributed by atoms with Crippen LogP contribution in [0, 0.1) is 10.1 Å². The van der Waals surface area contributed by atoms with Crippen molar-refractivity contribution in [2.75, 3.05) is 32.1 Å². The molecule has 8 heteroatoms. The Labute approximate surface area is 110 Å². The van der Waals surface area contributed by atoms with E-state index in [-0.39, 0.29) is 11.6 Å². The fourth-order valence-electron chi connectivity index (χ4n) is 2.30. The van der Waals surface area contributed by atoms with Crippen molar-refractivity contribution in [3.63, 3.8) is 0 Å². The van der Waals surface area contributed by atoms with Crippen molar-refractivity contribution in [1.82, 2.24) is 15.3 Å². The predicted octanol–water partition coefficient (Wildman–Crippen LogP) is 0.582. The lowest BCUT2D eigenvalue weighted by molar-refractivity contribution is -0.385. The van der Waals surface area contributed by atoms with Gasteiger partial charge in [0.05, 0.1) is 12.0 Å². The molecule has 0 amide bonds. The normalized spacial score (nSPS) is 19.3. The zero-order valence-electron chi connectivity index (χ0n) is 11.0. The first-order valence-corrected chi connectivity index (χ1v) is 6.13. The maximum absolute atomic E-state index is 11.2. The van der Waals surface area contributed by atoms with Gasteiger partial charge in [-0.05, 0) is 19.9 Å². The van der Waals surface area contributed by atoms with E-state index < -0.39 is 4.92 Å². The molecule has 1 aliphatic rings. The Kier molecular flexibility index (Phi) is 4.10. The highest BCUT2D eigenvalue weighted by atomic mass is 16.6. The van der Waals surface area contributed by atoms with Gasteiger partial charge in [0, 0.05) is 19.1 Å². The minimum absolute atomic E-state index is 0.00146. The summed E-state index contributed by atoms with van der Waals surface area (Å²) in [6.07, 6.45) is 3.32. The summed E-state index contributed by atoms with van der Waals surface area (Å²) in [5, 5.41) is 14.4. The van der Waals surface area contributed by atoms with Crippen LogP contribution in [-0.2, 0) is 0 Å². The Morgan fingerprint density at radius 2 is 2.37 bits per heavy atom. The Morgan fingerprint density at radius 3 is 3.00 bits per heavy atom. The third-order valence-electron chi connectivity index (χ3n) is 3.27. The van der Waals surface area contributed by atoms with E-state index in [4.69, 9.17) is 4.74 Å². The summed E-state index contributed by atoms with van der Waals surface area (Å²) in [5.41, 5.74) is -0.165. The molecule has 19 heavy (non-hydrogen) atoms. The largest absolute Gasteiger partial charge is 0.476 e. The third-order valence-corrected chi connectivity index (χ3v) is 3.27. The van der Waals surface area contributed by atoms with Crippen molar-refractivity contribution in [3.05, 3.63) is 16.4 Å². The molecule has 0 bridgehead atoms. The van der Waals surface area contributed by atoms with Gasteiger partial charge in [0.2, 0.25) is 5.82 Å². The number of nitro groups is 1. The zero-order valence-corrected chi connectivity index (χ0v) is 11.0. The fraction of sp³-hybridized carbons (Fsp3) is 0.636. The summed E-state index contributed by atoms with van der Waals surface area (Å²) in [6.45, 7) is 1.44. The van der Waals surface area contributed by atoms with Crippen LogP contribution in [-0.4, -0.2) is 48.2 Å². The van der Waals surface area contributed by atoms with Crippen LogP contribution in [0.5, 0.6) is 5.88 Å². The number of methoxy groups -OCH3 is 1. The van der Waals surface area contributed by atoms with E-state index in [0.29, 0.717) is 18.4 Å². The second kappa shape index (κ2) is 5.79. The number of aromatic nitrogens is 2. The molecule has 1 atom stereocenters. The third kappa shape index (κ3) is 2.73. The quantitative estimate of drug-likeness (QED) is 0.630. The molecule has 104 valence electrons. The van der Waals surface area contributed by atoms with Crippen LogP contribution in [0.1, 0.15) is 12.8 Å². The van der Waals surface area contributed by atoms with E-state index >= 15 is 0 Å². The van der Waals surface area contributed by atoms with Gasteiger partial charge in [-0.15, -0.1) is 0 Å². The number of likely N-dealkylation sites (N-methyl/N-ethyl adjacent to an activating group) is 1. The Hall–Kier alpha value is -1.96. The molecule has 1 aliphatic heterocycles. The van der Waals surface area contributed by atoms with Crippen LogP contribution >= 0.6 is 0 Å². The van der Waals surface area contributed by atoms with Crippen LogP contribution < -0.4 is 15.0 Å². The average Bonchev–Trinajstić information content (AvgIpc) is 2.46. The van der Waals surface area contributed by atoms with E-state index in [1.54, 1.807) is 0 Å². The van der Waals surface area contributed by atoms with Gasteiger partial charge in [-0.1, -0.05) is 0 Å². The summed E-state index contributed by atoms with van der Waals surface area (Å²) in [4.78, 5) is 20.5. The summed E-state index contributed by atoms with van der Waals surface area (Å²) in [7, 11) is 3.26.